The molecular formula is C24H21N3O3. The monoisotopic (exact) mass is 399 g/mol. The van der Waals surface area contributed by atoms with Crippen molar-refractivity contribution in [1.82, 2.24) is 4.98 Å². The van der Waals surface area contributed by atoms with Gasteiger partial charge in [-0.2, -0.15) is 5.26 Å². The summed E-state index contributed by atoms with van der Waals surface area (Å²) in [5.41, 5.74) is 4.71. The van der Waals surface area contributed by atoms with E-state index in [1.165, 1.54) is 7.11 Å². The van der Waals surface area contributed by atoms with Crippen molar-refractivity contribution in [1.29, 1.82) is 5.26 Å². The van der Waals surface area contributed by atoms with Crippen molar-refractivity contribution < 1.29 is 14.3 Å². The number of hydrogen-bond acceptors (Lipinski definition) is 6. The summed E-state index contributed by atoms with van der Waals surface area (Å²) in [4.78, 5) is 16.1. The van der Waals surface area contributed by atoms with Crippen LogP contribution in [0.1, 0.15) is 33.8 Å². The molecule has 6 nitrogen and oxygen atoms in total. The van der Waals surface area contributed by atoms with Crippen LogP contribution in [0.15, 0.2) is 60.9 Å². The third kappa shape index (κ3) is 3.83. The Hall–Kier alpha value is -3.85. The average Bonchev–Trinajstić information content (AvgIpc) is 2.82. The molecule has 0 saturated carbocycles. The van der Waals surface area contributed by atoms with Crippen LogP contribution in [-0.2, 0) is 4.74 Å². The highest BCUT2D eigenvalue weighted by Crippen LogP contribution is 2.37. The minimum absolute atomic E-state index is 0.222. The van der Waals surface area contributed by atoms with E-state index in [-0.39, 0.29) is 5.92 Å². The third-order valence-corrected chi connectivity index (χ3v) is 5.30. The Labute approximate surface area is 175 Å². The van der Waals surface area contributed by atoms with E-state index < -0.39 is 5.97 Å². The molecule has 1 aliphatic heterocycles. The maximum absolute atomic E-state index is 12.0. The number of carbonyl (C=O) groups is 1. The molecule has 2 aromatic carbocycles. The van der Waals surface area contributed by atoms with Gasteiger partial charge in [-0.1, -0.05) is 30.3 Å². The fourth-order valence-corrected chi connectivity index (χ4v) is 3.73. The maximum Gasteiger partial charge on any atom is 0.340 e. The van der Waals surface area contributed by atoms with Gasteiger partial charge in [0, 0.05) is 18.7 Å². The number of ether oxygens (including phenoxy) is 2. The highest BCUT2D eigenvalue weighted by molar-refractivity contribution is 5.95. The number of aromatic nitrogens is 1. The van der Waals surface area contributed by atoms with Crippen LogP contribution in [0, 0.1) is 11.3 Å². The molecule has 1 aliphatic rings. The summed E-state index contributed by atoms with van der Waals surface area (Å²) in [6.45, 7) is 1.25. The Morgan fingerprint density at radius 2 is 2.17 bits per heavy atom. The number of nitriles is 1. The number of rotatable bonds is 5. The largest absolute Gasteiger partial charge is 0.493 e. The van der Waals surface area contributed by atoms with Crippen molar-refractivity contribution in [2.45, 2.75) is 12.3 Å². The van der Waals surface area contributed by atoms with Crippen molar-refractivity contribution in [2.75, 3.05) is 25.6 Å². The first-order chi connectivity index (χ1) is 14.7. The van der Waals surface area contributed by atoms with E-state index in [4.69, 9.17) is 9.47 Å². The number of nitrogens with one attached hydrogen (secondary N) is 1. The fraction of sp³-hybridized carbons (Fsp3) is 0.208. The Morgan fingerprint density at radius 1 is 1.30 bits per heavy atom. The molecule has 0 fully saturated rings. The number of fused-ring (bicyclic) bond motifs is 1. The Balaban J connectivity index is 1.57. The Kier molecular flexibility index (Phi) is 5.62. The fourth-order valence-electron chi connectivity index (χ4n) is 3.73. The summed E-state index contributed by atoms with van der Waals surface area (Å²) in [5.74, 6) is 0.658. The van der Waals surface area contributed by atoms with Gasteiger partial charge in [0.1, 0.15) is 5.75 Å². The van der Waals surface area contributed by atoms with E-state index in [1.807, 2.05) is 36.4 Å². The van der Waals surface area contributed by atoms with Gasteiger partial charge >= 0.3 is 5.97 Å². The zero-order valence-electron chi connectivity index (χ0n) is 16.6. The first-order valence-electron chi connectivity index (χ1n) is 9.73. The molecule has 4 rings (SSSR count). The smallest absolute Gasteiger partial charge is 0.340 e. The summed E-state index contributed by atoms with van der Waals surface area (Å²) < 4.78 is 10.8. The zero-order valence-corrected chi connectivity index (χ0v) is 16.6. The molecule has 0 aliphatic carbocycles. The molecule has 0 bridgehead atoms. The Bertz CT molecular complexity index is 1120. The highest BCUT2D eigenvalue weighted by Gasteiger charge is 2.23. The SMILES string of the molecule is COC(=O)c1ccncc1NC[C@@H]1CCOc2cc(-c3ccccc3C#N)ccc21. The van der Waals surface area contributed by atoms with Crippen molar-refractivity contribution in [3.05, 3.63) is 77.6 Å². The number of carbonyl (C=O) groups excluding carboxylic acids is 1. The van der Waals surface area contributed by atoms with E-state index in [1.54, 1.807) is 18.5 Å². The summed E-state index contributed by atoms with van der Waals surface area (Å²) in [7, 11) is 1.36. The van der Waals surface area contributed by atoms with Crippen LogP contribution in [0.2, 0.25) is 0 Å². The van der Waals surface area contributed by atoms with Gasteiger partial charge in [0.2, 0.25) is 0 Å². The van der Waals surface area contributed by atoms with Crippen LogP contribution in [0.3, 0.4) is 0 Å². The third-order valence-electron chi connectivity index (χ3n) is 5.30. The van der Waals surface area contributed by atoms with Crippen molar-refractivity contribution in [3.8, 4) is 22.9 Å². The summed E-state index contributed by atoms with van der Waals surface area (Å²) in [6, 6.07) is 17.5. The molecule has 1 N–H and O–H groups in total. The van der Waals surface area contributed by atoms with Crippen LogP contribution in [-0.4, -0.2) is 31.2 Å². The molecule has 0 saturated heterocycles. The molecule has 0 unspecified atom stereocenters. The first kappa shape index (κ1) is 19.5. The summed E-state index contributed by atoms with van der Waals surface area (Å²) >= 11 is 0. The van der Waals surface area contributed by atoms with Gasteiger partial charge in [-0.15, -0.1) is 0 Å². The quantitative estimate of drug-likeness (QED) is 0.641. The average molecular weight is 399 g/mol. The number of nitrogens with zero attached hydrogens (tertiary/aromatic N) is 2. The Morgan fingerprint density at radius 3 is 3.00 bits per heavy atom. The van der Waals surface area contributed by atoms with Gasteiger partial charge in [0.05, 0.1) is 42.8 Å². The van der Waals surface area contributed by atoms with Crippen molar-refractivity contribution >= 4 is 11.7 Å². The van der Waals surface area contributed by atoms with Gasteiger partial charge in [0.25, 0.3) is 0 Å². The van der Waals surface area contributed by atoms with Gasteiger partial charge in [-0.05, 0) is 41.3 Å². The molecule has 30 heavy (non-hydrogen) atoms. The van der Waals surface area contributed by atoms with Crippen LogP contribution >= 0.6 is 0 Å². The molecule has 150 valence electrons. The number of benzene rings is 2. The number of methoxy groups -OCH3 is 1. The van der Waals surface area contributed by atoms with E-state index in [2.05, 4.69) is 22.4 Å². The van der Waals surface area contributed by atoms with Gasteiger partial charge in [-0.25, -0.2) is 4.79 Å². The number of esters is 1. The van der Waals surface area contributed by atoms with Gasteiger partial charge in [-0.3, -0.25) is 4.98 Å². The van der Waals surface area contributed by atoms with Crippen molar-refractivity contribution in [2.24, 2.45) is 0 Å². The minimum Gasteiger partial charge on any atom is -0.493 e. The summed E-state index contributed by atoms with van der Waals surface area (Å²) in [6.07, 6.45) is 4.07. The van der Waals surface area contributed by atoms with Gasteiger partial charge in [0.15, 0.2) is 0 Å². The van der Waals surface area contributed by atoms with Crippen LogP contribution < -0.4 is 10.1 Å². The lowest BCUT2D eigenvalue weighted by Gasteiger charge is -2.27. The van der Waals surface area contributed by atoms with Crippen LogP contribution in [0.5, 0.6) is 5.75 Å². The second-order valence-corrected chi connectivity index (χ2v) is 7.04. The second kappa shape index (κ2) is 8.66. The minimum atomic E-state index is -0.395. The molecule has 3 aromatic rings. The zero-order chi connectivity index (χ0) is 20.9. The first-order valence-corrected chi connectivity index (χ1v) is 9.73. The number of pyridine rings is 1. The molecule has 1 aromatic heterocycles. The molecule has 1 atom stereocenters. The molecule has 6 heteroatoms. The van der Waals surface area contributed by atoms with E-state index in [0.717, 1.165) is 28.9 Å². The number of anilines is 1. The molecule has 0 amide bonds. The summed E-state index contributed by atoms with van der Waals surface area (Å²) in [5, 5.41) is 12.7. The maximum atomic E-state index is 12.0. The molecule has 2 heterocycles. The number of hydrogen-bond donors (Lipinski definition) is 1. The van der Waals surface area contributed by atoms with Crippen LogP contribution in [0.25, 0.3) is 11.1 Å². The van der Waals surface area contributed by atoms with Crippen LogP contribution in [0.4, 0.5) is 5.69 Å². The van der Waals surface area contributed by atoms with E-state index in [9.17, 15) is 10.1 Å². The van der Waals surface area contributed by atoms with E-state index in [0.29, 0.717) is 30.0 Å². The van der Waals surface area contributed by atoms with Crippen molar-refractivity contribution in [3.63, 3.8) is 0 Å². The topological polar surface area (TPSA) is 84.2 Å². The lowest BCUT2D eigenvalue weighted by atomic mass is 9.90. The molecular weight excluding hydrogens is 378 g/mol. The van der Waals surface area contributed by atoms with Gasteiger partial charge < -0.3 is 14.8 Å². The standard InChI is InChI=1S/C24H21N3O3/c1-29-24(28)21-8-10-26-15-22(21)27-14-18-9-11-30-23-12-16(6-7-20(18)23)19-5-3-2-4-17(19)13-25/h2-8,10,12,15,18,27H,9,11,14H2,1H3/t18-/m0/s1. The second-order valence-electron chi connectivity index (χ2n) is 7.04. The van der Waals surface area contributed by atoms with E-state index >= 15 is 0 Å². The lowest BCUT2D eigenvalue weighted by Crippen LogP contribution is -2.21. The normalized spacial score (nSPS) is 14.7. The molecule has 0 spiro atoms. The predicted octanol–water partition coefficient (Wildman–Crippen LogP) is 4.39. The highest BCUT2D eigenvalue weighted by atomic mass is 16.5. The molecule has 0 radical (unpaired) electrons. The predicted molar refractivity (Wildman–Crippen MR) is 114 cm³/mol. The lowest BCUT2D eigenvalue weighted by molar-refractivity contribution is 0.0601.